The first kappa shape index (κ1) is 38.3. The van der Waals surface area contributed by atoms with Crippen molar-refractivity contribution in [1.29, 1.82) is 0 Å². The molecule has 1 aliphatic carbocycles. The van der Waals surface area contributed by atoms with Gasteiger partial charge in [0.25, 0.3) is 0 Å². The first-order chi connectivity index (χ1) is 23.3. The third-order valence-electron chi connectivity index (χ3n) is 10.3. The molecule has 267 valence electrons. The summed E-state index contributed by atoms with van der Waals surface area (Å²) in [6, 6.07) is 24.2. The van der Waals surface area contributed by atoms with E-state index in [0.717, 1.165) is 34.3 Å². The van der Waals surface area contributed by atoms with Crippen molar-refractivity contribution in [3.63, 3.8) is 0 Å². The Hall–Kier alpha value is -3.92. The van der Waals surface area contributed by atoms with Gasteiger partial charge in [0.1, 0.15) is 5.76 Å². The second kappa shape index (κ2) is 13.6. The number of aromatic nitrogens is 2. The smallest absolute Gasteiger partial charge is 0.164 e. The molecule has 1 radical (unpaired) electrons. The zero-order chi connectivity index (χ0) is 36.5. The number of carbonyl (C=O) groups excluding carboxylic acids is 1. The van der Waals surface area contributed by atoms with Crippen molar-refractivity contribution in [2.45, 2.75) is 94.9 Å². The van der Waals surface area contributed by atoms with Crippen LogP contribution in [0.25, 0.3) is 54.5 Å². The molecule has 0 atom stereocenters. The summed E-state index contributed by atoms with van der Waals surface area (Å²) in [6.45, 7) is 24.6. The van der Waals surface area contributed by atoms with Crippen molar-refractivity contribution >= 4 is 49.0 Å². The van der Waals surface area contributed by atoms with E-state index >= 15 is 0 Å². The number of ketones is 1. The molecule has 6 aromatic rings. The van der Waals surface area contributed by atoms with Crippen molar-refractivity contribution in [3.8, 4) is 11.3 Å². The zero-order valence-electron chi connectivity index (χ0n) is 32.2. The maximum atomic E-state index is 11.5. The van der Waals surface area contributed by atoms with E-state index in [-0.39, 0.29) is 42.5 Å². The van der Waals surface area contributed by atoms with Crippen molar-refractivity contribution in [2.75, 3.05) is 0 Å². The molecule has 0 unspecified atom stereocenters. The number of fused-ring (bicyclic) bond motifs is 7. The molecule has 4 aromatic carbocycles. The van der Waals surface area contributed by atoms with Gasteiger partial charge >= 0.3 is 0 Å². The number of aliphatic hydroxyl groups is 1. The number of benzene rings is 4. The minimum absolute atomic E-state index is 0. The van der Waals surface area contributed by atoms with Gasteiger partial charge in [-0.15, -0.1) is 12.1 Å². The Kier molecular flexibility index (Phi) is 10.2. The zero-order valence-corrected chi connectivity index (χ0v) is 34.6. The fraction of sp³-hybridized carbons (Fsp3) is 0.370. The van der Waals surface area contributed by atoms with E-state index in [1.165, 1.54) is 60.6 Å². The molecule has 0 saturated carbocycles. The SMILES string of the molecule is CC(C)(C)C(=O)/C=C(\O)C(C)(C)C.Cc1ccc2[c-]c3c(nc2c1C)C(C)(C)c1cc2c4cc(CC(C)C)ccc4ccc2c2ccnc-3c12.[Ir]. The average Bonchev–Trinajstić information content (AvgIpc) is 3.03. The topological polar surface area (TPSA) is 63.1 Å². The molecule has 0 amide bonds. The second-order valence-electron chi connectivity index (χ2n) is 17.2. The van der Waals surface area contributed by atoms with Gasteiger partial charge in [0.2, 0.25) is 0 Å². The van der Waals surface area contributed by atoms with E-state index in [2.05, 4.69) is 102 Å². The first-order valence-corrected chi connectivity index (χ1v) is 17.9. The van der Waals surface area contributed by atoms with Crippen LogP contribution in [0.4, 0.5) is 0 Å². The minimum atomic E-state index is -0.417. The second-order valence-corrected chi connectivity index (χ2v) is 17.2. The Morgan fingerprint density at radius 2 is 1.57 bits per heavy atom. The van der Waals surface area contributed by atoms with Crippen LogP contribution in [0, 0.1) is 36.7 Å². The molecular weight excluding hydrogens is 805 g/mol. The Morgan fingerprint density at radius 1 is 0.882 bits per heavy atom. The molecule has 2 aromatic heterocycles. The van der Waals surface area contributed by atoms with Gasteiger partial charge in [-0.25, -0.2) is 0 Å². The standard InChI is InChI=1S/C35H31N2.C11H20O2.Ir/c1-19(2)15-22-8-10-23-11-12-25-26-13-14-36-33-29-17-24-9-7-20(3)21(4)32(24)37-34(29)35(5,6)30(31(26)33)18-28(25)27(23)16-22;1-10(2,3)8(12)7-9(13)11(4,5)6;/h7-14,16,18-19H,15H2,1-6H3;7,12H,1-6H3;/q-1;;/b;8-7-;. The van der Waals surface area contributed by atoms with Crippen molar-refractivity contribution in [3.05, 3.63) is 107 Å². The molecule has 0 fully saturated rings. The molecule has 0 bridgehead atoms. The van der Waals surface area contributed by atoms with E-state index in [9.17, 15) is 9.90 Å². The quantitative estimate of drug-likeness (QED) is 0.0834. The van der Waals surface area contributed by atoms with Crippen LogP contribution in [0.2, 0.25) is 0 Å². The molecule has 0 saturated heterocycles. The molecule has 51 heavy (non-hydrogen) atoms. The molecule has 0 spiro atoms. The van der Waals surface area contributed by atoms with Gasteiger partial charge in [-0.3, -0.25) is 9.78 Å². The molecule has 4 nitrogen and oxygen atoms in total. The summed E-state index contributed by atoms with van der Waals surface area (Å²) in [6.07, 6.45) is 4.38. The summed E-state index contributed by atoms with van der Waals surface area (Å²) in [4.78, 5) is 21.8. The Morgan fingerprint density at radius 3 is 2.22 bits per heavy atom. The largest absolute Gasteiger partial charge is 0.512 e. The van der Waals surface area contributed by atoms with E-state index in [1.807, 2.05) is 47.7 Å². The summed E-state index contributed by atoms with van der Waals surface area (Å²) >= 11 is 0. The number of pyridine rings is 2. The van der Waals surface area contributed by atoms with Gasteiger partial charge in [0.15, 0.2) is 5.78 Å². The fourth-order valence-corrected chi connectivity index (χ4v) is 6.95. The fourth-order valence-electron chi connectivity index (χ4n) is 6.95. The van der Waals surface area contributed by atoms with Crippen LogP contribution in [0.15, 0.2) is 72.6 Å². The van der Waals surface area contributed by atoms with Crippen molar-refractivity contribution in [1.82, 2.24) is 9.97 Å². The summed E-state index contributed by atoms with van der Waals surface area (Å²) < 4.78 is 0. The van der Waals surface area contributed by atoms with Crippen LogP contribution in [-0.2, 0) is 36.7 Å². The van der Waals surface area contributed by atoms with E-state index in [0.29, 0.717) is 5.92 Å². The third-order valence-corrected chi connectivity index (χ3v) is 10.3. The van der Waals surface area contributed by atoms with Gasteiger partial charge in [0, 0.05) is 54.3 Å². The number of aliphatic hydroxyl groups excluding tert-OH is 1. The number of aryl methyl sites for hydroxylation is 2. The Labute approximate surface area is 317 Å². The number of nitrogens with zero attached hydrogens (tertiary/aromatic N) is 2. The van der Waals surface area contributed by atoms with Gasteiger partial charge in [-0.2, -0.15) is 0 Å². The predicted octanol–water partition coefficient (Wildman–Crippen LogP) is 12.1. The van der Waals surface area contributed by atoms with Crippen LogP contribution in [0.3, 0.4) is 0 Å². The van der Waals surface area contributed by atoms with Crippen LogP contribution < -0.4 is 0 Å². The monoisotopic (exact) mass is 856 g/mol. The average molecular weight is 856 g/mol. The molecule has 5 heteroatoms. The summed E-state index contributed by atoms with van der Waals surface area (Å²) in [7, 11) is 0. The summed E-state index contributed by atoms with van der Waals surface area (Å²) in [5.74, 6) is 0.732. The molecule has 1 N–H and O–H groups in total. The minimum Gasteiger partial charge on any atom is -0.512 e. The maximum absolute atomic E-state index is 11.5. The Bertz CT molecular complexity index is 2370. The third kappa shape index (κ3) is 7.00. The van der Waals surface area contributed by atoms with Gasteiger partial charge in [-0.1, -0.05) is 134 Å². The van der Waals surface area contributed by atoms with Crippen LogP contribution in [0.1, 0.15) is 97.2 Å². The molecule has 0 aliphatic heterocycles. The molecule has 1 aliphatic rings. The van der Waals surface area contributed by atoms with E-state index < -0.39 is 5.41 Å². The predicted molar refractivity (Wildman–Crippen MR) is 211 cm³/mol. The van der Waals surface area contributed by atoms with Gasteiger partial charge in [-0.05, 0) is 86.9 Å². The van der Waals surface area contributed by atoms with Crippen LogP contribution in [-0.4, -0.2) is 20.9 Å². The number of hydrogen-bond donors (Lipinski definition) is 1. The van der Waals surface area contributed by atoms with E-state index in [4.69, 9.17) is 9.97 Å². The van der Waals surface area contributed by atoms with Crippen LogP contribution >= 0.6 is 0 Å². The van der Waals surface area contributed by atoms with Crippen molar-refractivity contribution < 1.29 is 30.0 Å². The maximum Gasteiger partial charge on any atom is 0.164 e. The molecule has 7 rings (SSSR count). The number of carbonyl (C=O) groups is 1. The van der Waals surface area contributed by atoms with Gasteiger partial charge < -0.3 is 10.1 Å². The van der Waals surface area contributed by atoms with E-state index in [1.54, 1.807) is 0 Å². The van der Waals surface area contributed by atoms with Crippen molar-refractivity contribution in [2.24, 2.45) is 16.7 Å². The van der Waals surface area contributed by atoms with Gasteiger partial charge in [0.05, 0.1) is 0 Å². The molecule has 2 heterocycles. The Balaban J connectivity index is 0.000000310. The normalized spacial score (nSPS) is 14.0. The summed E-state index contributed by atoms with van der Waals surface area (Å²) in [5.41, 5.74) is 8.31. The summed E-state index contributed by atoms with van der Waals surface area (Å²) in [5, 5.41) is 18.4. The first-order valence-electron chi connectivity index (χ1n) is 17.9. The number of allylic oxidation sites excluding steroid dienone is 2. The number of hydrogen-bond acceptors (Lipinski definition) is 4. The molecular formula is C46H51IrN2O2-. The number of rotatable bonds is 3. The van der Waals surface area contributed by atoms with Crippen LogP contribution in [0.5, 0.6) is 0 Å².